The van der Waals surface area contributed by atoms with Crippen LogP contribution < -0.4 is 16.0 Å². The fourth-order valence-corrected chi connectivity index (χ4v) is 2.85. The first kappa shape index (κ1) is 13.5. The maximum absolute atomic E-state index is 11.8. The number of anilines is 3. The Hall–Kier alpha value is -2.49. The molecule has 4 heteroatoms. The zero-order valence-electron chi connectivity index (χ0n) is 12.1. The fourth-order valence-electron chi connectivity index (χ4n) is 2.85. The van der Waals surface area contributed by atoms with Crippen LogP contribution >= 0.6 is 0 Å². The summed E-state index contributed by atoms with van der Waals surface area (Å²) in [6, 6.07) is 13.8. The molecule has 0 aromatic heterocycles. The van der Waals surface area contributed by atoms with Crippen molar-refractivity contribution in [1.29, 1.82) is 0 Å². The van der Waals surface area contributed by atoms with Crippen molar-refractivity contribution < 1.29 is 4.79 Å². The van der Waals surface area contributed by atoms with Crippen molar-refractivity contribution in [1.82, 2.24) is 5.32 Å². The molecule has 3 N–H and O–H groups in total. The Morgan fingerprint density at radius 2 is 2.00 bits per heavy atom. The van der Waals surface area contributed by atoms with E-state index in [0.29, 0.717) is 11.3 Å². The molecule has 3 rings (SSSR count). The van der Waals surface area contributed by atoms with Gasteiger partial charge in [-0.1, -0.05) is 18.2 Å². The zero-order valence-corrected chi connectivity index (χ0v) is 12.1. The normalized spacial score (nSPS) is 13.7. The van der Waals surface area contributed by atoms with Crippen molar-refractivity contribution in [2.24, 2.45) is 0 Å². The summed E-state index contributed by atoms with van der Waals surface area (Å²) in [5.74, 6) is -0.0958. The number of fused-ring (bicyclic) bond motifs is 1. The minimum Gasteiger partial charge on any atom is -0.397 e. The summed E-state index contributed by atoms with van der Waals surface area (Å²) in [5, 5.41) is 2.65. The quantitative estimate of drug-likeness (QED) is 0.832. The van der Waals surface area contributed by atoms with E-state index in [0.717, 1.165) is 25.1 Å². The Kier molecular flexibility index (Phi) is 3.52. The SMILES string of the molecule is CNC(=O)c1ccc(N)c(N2CCCc3ccccc32)c1. The van der Waals surface area contributed by atoms with E-state index in [-0.39, 0.29) is 5.91 Å². The van der Waals surface area contributed by atoms with Crippen molar-refractivity contribution in [2.75, 3.05) is 24.2 Å². The second-order valence-electron chi connectivity index (χ2n) is 5.24. The van der Waals surface area contributed by atoms with Gasteiger partial charge in [-0.25, -0.2) is 0 Å². The second kappa shape index (κ2) is 5.48. The van der Waals surface area contributed by atoms with E-state index in [9.17, 15) is 4.79 Å². The first-order valence-corrected chi connectivity index (χ1v) is 7.18. The third kappa shape index (κ3) is 2.44. The van der Waals surface area contributed by atoms with Crippen LogP contribution in [0.1, 0.15) is 22.3 Å². The highest BCUT2D eigenvalue weighted by atomic mass is 16.1. The minimum atomic E-state index is -0.0958. The van der Waals surface area contributed by atoms with Crippen LogP contribution in [0, 0.1) is 0 Å². The number of nitrogens with one attached hydrogen (secondary N) is 1. The lowest BCUT2D eigenvalue weighted by Crippen LogP contribution is -2.26. The molecular weight excluding hydrogens is 262 g/mol. The lowest BCUT2D eigenvalue weighted by molar-refractivity contribution is 0.0963. The van der Waals surface area contributed by atoms with Crippen LogP contribution in [0.25, 0.3) is 0 Å². The lowest BCUT2D eigenvalue weighted by atomic mass is 10.0. The molecule has 21 heavy (non-hydrogen) atoms. The Labute approximate surface area is 124 Å². The van der Waals surface area contributed by atoms with Gasteiger partial charge in [0.1, 0.15) is 0 Å². The molecule has 0 saturated carbocycles. The summed E-state index contributed by atoms with van der Waals surface area (Å²) < 4.78 is 0. The summed E-state index contributed by atoms with van der Waals surface area (Å²) in [5.41, 5.74) is 10.9. The Balaban J connectivity index is 2.07. The second-order valence-corrected chi connectivity index (χ2v) is 5.24. The van der Waals surface area contributed by atoms with Crippen LogP contribution in [-0.4, -0.2) is 19.5 Å². The number of amides is 1. The van der Waals surface area contributed by atoms with Crippen molar-refractivity contribution in [3.63, 3.8) is 0 Å². The molecule has 1 heterocycles. The van der Waals surface area contributed by atoms with Crippen LogP contribution in [0.2, 0.25) is 0 Å². The summed E-state index contributed by atoms with van der Waals surface area (Å²) in [4.78, 5) is 14.0. The molecule has 2 aromatic rings. The molecule has 1 aliphatic heterocycles. The average molecular weight is 281 g/mol. The van der Waals surface area contributed by atoms with Crippen molar-refractivity contribution >= 4 is 23.0 Å². The molecule has 1 amide bonds. The van der Waals surface area contributed by atoms with E-state index in [1.165, 1.54) is 11.3 Å². The highest BCUT2D eigenvalue weighted by Crippen LogP contribution is 2.36. The number of carbonyl (C=O) groups excluding carboxylic acids is 1. The number of hydrogen-bond acceptors (Lipinski definition) is 3. The van der Waals surface area contributed by atoms with Gasteiger partial charge < -0.3 is 16.0 Å². The van der Waals surface area contributed by atoms with Crippen molar-refractivity contribution in [2.45, 2.75) is 12.8 Å². The molecule has 0 unspecified atom stereocenters. The molecule has 0 saturated heterocycles. The summed E-state index contributed by atoms with van der Waals surface area (Å²) in [7, 11) is 1.63. The monoisotopic (exact) mass is 281 g/mol. The first-order chi connectivity index (χ1) is 10.2. The molecule has 0 bridgehead atoms. The number of nitrogen functional groups attached to an aromatic ring is 1. The molecule has 0 spiro atoms. The third-order valence-electron chi connectivity index (χ3n) is 3.92. The number of aryl methyl sites for hydroxylation is 1. The molecule has 2 aromatic carbocycles. The lowest BCUT2D eigenvalue weighted by Gasteiger charge is -2.32. The van der Waals surface area contributed by atoms with Gasteiger partial charge in [-0.3, -0.25) is 4.79 Å². The van der Waals surface area contributed by atoms with Gasteiger partial charge in [0.15, 0.2) is 0 Å². The molecule has 4 nitrogen and oxygen atoms in total. The standard InChI is InChI=1S/C17H19N3O/c1-19-17(21)13-8-9-14(18)16(11-13)20-10-4-6-12-5-2-3-7-15(12)20/h2-3,5,7-9,11H,4,6,10,18H2,1H3,(H,19,21). The van der Waals surface area contributed by atoms with E-state index in [1.807, 2.05) is 12.1 Å². The Bertz CT molecular complexity index is 681. The number of hydrogen-bond donors (Lipinski definition) is 2. The average Bonchev–Trinajstić information content (AvgIpc) is 2.54. The van der Waals surface area contributed by atoms with Gasteiger partial charge in [0.2, 0.25) is 0 Å². The molecule has 0 atom stereocenters. The molecular formula is C17H19N3O. The molecule has 1 aliphatic rings. The smallest absolute Gasteiger partial charge is 0.251 e. The number of benzene rings is 2. The van der Waals surface area contributed by atoms with Crippen LogP contribution in [0.4, 0.5) is 17.1 Å². The van der Waals surface area contributed by atoms with Gasteiger partial charge in [-0.15, -0.1) is 0 Å². The van der Waals surface area contributed by atoms with Crippen LogP contribution in [0.5, 0.6) is 0 Å². The molecule has 0 radical (unpaired) electrons. The Morgan fingerprint density at radius 3 is 2.81 bits per heavy atom. The number of carbonyl (C=O) groups is 1. The van der Waals surface area contributed by atoms with Gasteiger partial charge in [0.25, 0.3) is 5.91 Å². The van der Waals surface area contributed by atoms with Crippen LogP contribution in [0.15, 0.2) is 42.5 Å². The molecule has 108 valence electrons. The van der Waals surface area contributed by atoms with E-state index >= 15 is 0 Å². The molecule has 0 fully saturated rings. The largest absolute Gasteiger partial charge is 0.397 e. The fraction of sp³-hybridized carbons (Fsp3) is 0.235. The predicted octanol–water partition coefficient (Wildman–Crippen LogP) is 2.71. The summed E-state index contributed by atoms with van der Waals surface area (Å²) in [6.07, 6.45) is 2.17. The van der Waals surface area contributed by atoms with E-state index in [4.69, 9.17) is 5.73 Å². The number of rotatable bonds is 2. The van der Waals surface area contributed by atoms with Crippen LogP contribution in [0.3, 0.4) is 0 Å². The van der Waals surface area contributed by atoms with Gasteiger partial charge in [0.05, 0.1) is 11.4 Å². The third-order valence-corrected chi connectivity index (χ3v) is 3.92. The predicted molar refractivity (Wildman–Crippen MR) is 86.0 cm³/mol. The highest BCUT2D eigenvalue weighted by Gasteiger charge is 2.20. The maximum atomic E-state index is 11.8. The van der Waals surface area contributed by atoms with Gasteiger partial charge in [0, 0.05) is 24.8 Å². The summed E-state index contributed by atoms with van der Waals surface area (Å²) in [6.45, 7) is 0.915. The highest BCUT2D eigenvalue weighted by molar-refractivity contribution is 5.96. The van der Waals surface area contributed by atoms with Crippen molar-refractivity contribution in [3.05, 3.63) is 53.6 Å². The number of nitrogens with zero attached hydrogens (tertiary/aromatic N) is 1. The number of para-hydroxylation sites is 1. The molecule has 0 aliphatic carbocycles. The van der Waals surface area contributed by atoms with Crippen molar-refractivity contribution in [3.8, 4) is 0 Å². The minimum absolute atomic E-state index is 0.0958. The zero-order chi connectivity index (χ0) is 14.8. The first-order valence-electron chi connectivity index (χ1n) is 7.18. The van der Waals surface area contributed by atoms with Crippen LogP contribution in [-0.2, 0) is 6.42 Å². The number of nitrogens with two attached hydrogens (primary N) is 1. The Morgan fingerprint density at radius 1 is 1.19 bits per heavy atom. The van der Waals surface area contributed by atoms with Gasteiger partial charge in [-0.2, -0.15) is 0 Å². The van der Waals surface area contributed by atoms with E-state index < -0.39 is 0 Å². The summed E-state index contributed by atoms with van der Waals surface area (Å²) >= 11 is 0. The van der Waals surface area contributed by atoms with Gasteiger partial charge >= 0.3 is 0 Å². The van der Waals surface area contributed by atoms with Gasteiger partial charge in [-0.05, 0) is 42.7 Å². The topological polar surface area (TPSA) is 58.4 Å². The van der Waals surface area contributed by atoms with E-state index in [2.05, 4.69) is 28.4 Å². The maximum Gasteiger partial charge on any atom is 0.251 e. The van der Waals surface area contributed by atoms with E-state index in [1.54, 1.807) is 19.2 Å².